The van der Waals surface area contributed by atoms with Gasteiger partial charge in [0, 0.05) is 51.8 Å². The predicted molar refractivity (Wildman–Crippen MR) is 97.3 cm³/mol. The number of hydrogen-bond donors (Lipinski definition) is 1. The van der Waals surface area contributed by atoms with E-state index in [0.29, 0.717) is 19.7 Å². The van der Waals surface area contributed by atoms with Crippen molar-refractivity contribution in [3.05, 3.63) is 16.1 Å². The van der Waals surface area contributed by atoms with Crippen LogP contribution < -0.4 is 5.32 Å². The quantitative estimate of drug-likeness (QED) is 0.643. The Balaban J connectivity index is 1.65. The highest BCUT2D eigenvalue weighted by molar-refractivity contribution is 7.09. The maximum Gasteiger partial charge on any atom is 0.234 e. The summed E-state index contributed by atoms with van der Waals surface area (Å²) >= 11 is 1.79. The van der Waals surface area contributed by atoms with E-state index >= 15 is 0 Å². The van der Waals surface area contributed by atoms with E-state index in [1.54, 1.807) is 18.4 Å². The standard InChI is InChI=1S/C17H30N4O2S/c1-3-4-5-17-19-15(14-24-17)12-20-7-9-21(10-8-20)13-16(22)18-6-11-23-2/h14H,3-13H2,1-2H3,(H,18,22). The molecule has 1 aromatic rings. The molecule has 1 amide bonds. The molecule has 0 atom stereocenters. The average Bonchev–Trinajstić information content (AvgIpc) is 3.02. The lowest BCUT2D eigenvalue weighted by Crippen LogP contribution is -2.49. The van der Waals surface area contributed by atoms with Gasteiger partial charge in [-0.05, 0) is 12.8 Å². The molecule has 7 heteroatoms. The van der Waals surface area contributed by atoms with E-state index in [-0.39, 0.29) is 5.91 Å². The third-order valence-corrected chi connectivity index (χ3v) is 5.15. The van der Waals surface area contributed by atoms with Crippen molar-refractivity contribution in [3.8, 4) is 0 Å². The normalized spacial score (nSPS) is 16.4. The highest BCUT2D eigenvalue weighted by atomic mass is 32.1. The van der Waals surface area contributed by atoms with Gasteiger partial charge in [-0.15, -0.1) is 11.3 Å². The molecule has 0 aliphatic carbocycles. The number of unbranched alkanes of at least 4 members (excludes halogenated alkanes) is 1. The van der Waals surface area contributed by atoms with Gasteiger partial charge in [0.25, 0.3) is 0 Å². The summed E-state index contributed by atoms with van der Waals surface area (Å²) in [5.41, 5.74) is 1.19. The van der Waals surface area contributed by atoms with Crippen LogP contribution in [-0.2, 0) is 22.5 Å². The Hall–Kier alpha value is -1.02. The molecule has 1 aromatic heterocycles. The minimum atomic E-state index is 0.0839. The maximum absolute atomic E-state index is 11.8. The van der Waals surface area contributed by atoms with Gasteiger partial charge in [-0.3, -0.25) is 14.6 Å². The number of thiazole rings is 1. The van der Waals surface area contributed by atoms with E-state index in [1.165, 1.54) is 23.5 Å². The Morgan fingerprint density at radius 3 is 2.79 bits per heavy atom. The van der Waals surface area contributed by atoms with E-state index in [4.69, 9.17) is 9.72 Å². The molecule has 0 spiro atoms. The van der Waals surface area contributed by atoms with Crippen LogP contribution >= 0.6 is 11.3 Å². The van der Waals surface area contributed by atoms with Crippen LogP contribution in [0.2, 0.25) is 0 Å². The lowest BCUT2D eigenvalue weighted by Gasteiger charge is -2.33. The van der Waals surface area contributed by atoms with E-state index < -0.39 is 0 Å². The average molecular weight is 355 g/mol. The number of methoxy groups -OCH3 is 1. The van der Waals surface area contributed by atoms with Crippen LogP contribution in [0.15, 0.2) is 5.38 Å². The molecule has 1 N–H and O–H groups in total. The van der Waals surface area contributed by atoms with Gasteiger partial charge >= 0.3 is 0 Å². The van der Waals surface area contributed by atoms with Gasteiger partial charge in [0.15, 0.2) is 0 Å². The summed E-state index contributed by atoms with van der Waals surface area (Å²) < 4.78 is 4.94. The number of nitrogens with one attached hydrogen (secondary N) is 1. The molecule has 1 aliphatic rings. The molecule has 0 saturated carbocycles. The summed E-state index contributed by atoms with van der Waals surface area (Å²) in [7, 11) is 1.64. The van der Waals surface area contributed by atoms with Crippen LogP contribution in [0.1, 0.15) is 30.5 Å². The summed E-state index contributed by atoms with van der Waals surface area (Å²) in [4.78, 5) is 21.2. The highest BCUT2D eigenvalue weighted by Gasteiger charge is 2.19. The highest BCUT2D eigenvalue weighted by Crippen LogP contribution is 2.15. The van der Waals surface area contributed by atoms with Crippen molar-refractivity contribution in [1.82, 2.24) is 20.1 Å². The predicted octanol–water partition coefficient (Wildman–Crippen LogP) is 1.37. The number of nitrogens with zero attached hydrogens (tertiary/aromatic N) is 3. The van der Waals surface area contributed by atoms with Gasteiger partial charge in [-0.2, -0.15) is 0 Å². The van der Waals surface area contributed by atoms with Crippen molar-refractivity contribution in [2.75, 3.05) is 53.0 Å². The topological polar surface area (TPSA) is 57.7 Å². The Morgan fingerprint density at radius 1 is 1.33 bits per heavy atom. The molecular formula is C17H30N4O2S. The summed E-state index contributed by atoms with van der Waals surface area (Å²) in [5, 5.41) is 6.33. The lowest BCUT2D eigenvalue weighted by atomic mass is 10.2. The van der Waals surface area contributed by atoms with Gasteiger partial charge in [0.1, 0.15) is 0 Å². The van der Waals surface area contributed by atoms with Crippen molar-refractivity contribution < 1.29 is 9.53 Å². The second kappa shape index (κ2) is 10.8. The minimum absolute atomic E-state index is 0.0839. The summed E-state index contributed by atoms with van der Waals surface area (Å²) in [6, 6.07) is 0. The molecule has 0 unspecified atom stereocenters. The third-order valence-electron chi connectivity index (χ3n) is 4.19. The van der Waals surface area contributed by atoms with Gasteiger partial charge in [0.2, 0.25) is 5.91 Å². The largest absolute Gasteiger partial charge is 0.383 e. The van der Waals surface area contributed by atoms with Gasteiger partial charge in [-0.25, -0.2) is 4.98 Å². The van der Waals surface area contributed by atoms with Crippen LogP contribution in [0.4, 0.5) is 0 Å². The number of rotatable bonds is 10. The number of carbonyl (C=O) groups is 1. The molecule has 0 aromatic carbocycles. The first-order valence-electron chi connectivity index (χ1n) is 8.85. The molecule has 0 bridgehead atoms. The number of aromatic nitrogens is 1. The third kappa shape index (κ3) is 6.84. The van der Waals surface area contributed by atoms with Crippen LogP contribution in [0.5, 0.6) is 0 Å². The van der Waals surface area contributed by atoms with E-state index in [0.717, 1.165) is 39.1 Å². The minimum Gasteiger partial charge on any atom is -0.383 e. The first-order valence-corrected chi connectivity index (χ1v) is 9.73. The fourth-order valence-electron chi connectivity index (χ4n) is 2.75. The molecule has 2 rings (SSSR count). The molecule has 2 heterocycles. The molecule has 24 heavy (non-hydrogen) atoms. The fourth-order valence-corrected chi connectivity index (χ4v) is 3.58. The number of ether oxygens (including phenoxy) is 1. The number of hydrogen-bond acceptors (Lipinski definition) is 6. The van der Waals surface area contributed by atoms with Crippen LogP contribution in [-0.4, -0.2) is 73.7 Å². The fraction of sp³-hybridized carbons (Fsp3) is 0.765. The van der Waals surface area contributed by atoms with Crippen molar-refractivity contribution in [3.63, 3.8) is 0 Å². The monoisotopic (exact) mass is 354 g/mol. The van der Waals surface area contributed by atoms with Crippen molar-refractivity contribution in [2.45, 2.75) is 32.7 Å². The van der Waals surface area contributed by atoms with Gasteiger partial charge < -0.3 is 10.1 Å². The Kier molecular flexibility index (Phi) is 8.66. The Bertz CT molecular complexity index is 487. The van der Waals surface area contributed by atoms with Crippen molar-refractivity contribution in [1.29, 1.82) is 0 Å². The zero-order chi connectivity index (χ0) is 17.2. The summed E-state index contributed by atoms with van der Waals surface area (Å²) in [5.74, 6) is 0.0839. The molecular weight excluding hydrogens is 324 g/mol. The van der Waals surface area contributed by atoms with Gasteiger partial charge in [0.05, 0.1) is 23.9 Å². The zero-order valence-electron chi connectivity index (χ0n) is 14.9. The Labute approximate surface area is 149 Å². The van der Waals surface area contributed by atoms with E-state index in [2.05, 4.69) is 27.4 Å². The molecule has 1 aliphatic heterocycles. The van der Waals surface area contributed by atoms with Crippen molar-refractivity contribution >= 4 is 17.2 Å². The molecule has 136 valence electrons. The molecule has 1 saturated heterocycles. The summed E-state index contributed by atoms with van der Waals surface area (Å²) in [6.45, 7) is 8.63. The van der Waals surface area contributed by atoms with Gasteiger partial charge in [-0.1, -0.05) is 13.3 Å². The zero-order valence-corrected chi connectivity index (χ0v) is 15.7. The lowest BCUT2D eigenvalue weighted by molar-refractivity contribution is -0.122. The molecule has 6 nitrogen and oxygen atoms in total. The van der Waals surface area contributed by atoms with Crippen molar-refractivity contribution in [2.24, 2.45) is 0 Å². The Morgan fingerprint density at radius 2 is 2.08 bits per heavy atom. The second-order valence-electron chi connectivity index (χ2n) is 6.23. The van der Waals surface area contributed by atoms with E-state index in [9.17, 15) is 4.79 Å². The smallest absolute Gasteiger partial charge is 0.234 e. The van der Waals surface area contributed by atoms with Crippen LogP contribution in [0.25, 0.3) is 0 Å². The number of piperazine rings is 1. The number of aryl methyl sites for hydroxylation is 1. The SMILES string of the molecule is CCCCc1nc(CN2CCN(CC(=O)NCCOC)CC2)cs1. The maximum atomic E-state index is 11.8. The van der Waals surface area contributed by atoms with E-state index in [1.807, 2.05) is 0 Å². The second-order valence-corrected chi connectivity index (χ2v) is 7.17. The number of carbonyl (C=O) groups excluding carboxylic acids is 1. The number of amides is 1. The first kappa shape index (κ1) is 19.3. The van der Waals surface area contributed by atoms with Crippen LogP contribution in [0.3, 0.4) is 0 Å². The summed E-state index contributed by atoms with van der Waals surface area (Å²) in [6.07, 6.45) is 3.54. The first-order chi connectivity index (χ1) is 11.7. The molecule has 0 radical (unpaired) electrons. The van der Waals surface area contributed by atoms with Crippen LogP contribution in [0, 0.1) is 0 Å². The molecule has 1 fully saturated rings.